The number of aryl methyl sites for hydroxylation is 2. The molecule has 0 amide bonds. The molecule has 27 heavy (non-hydrogen) atoms. The van der Waals surface area contributed by atoms with E-state index in [1.54, 1.807) is 11.3 Å². The zero-order chi connectivity index (χ0) is 19.0. The van der Waals surface area contributed by atoms with Crippen LogP contribution < -0.4 is 4.90 Å². The maximum atomic E-state index is 11.3. The average molecular weight is 382 g/mol. The summed E-state index contributed by atoms with van der Waals surface area (Å²) in [6.07, 6.45) is 2.34. The van der Waals surface area contributed by atoms with Crippen LogP contribution in [0.1, 0.15) is 31.2 Å². The van der Waals surface area contributed by atoms with Gasteiger partial charge < -0.3 is 10.0 Å². The third kappa shape index (κ3) is 3.41. The van der Waals surface area contributed by atoms with E-state index in [1.165, 1.54) is 11.1 Å². The normalized spacial score (nSPS) is 15.4. The molecule has 1 aromatic carbocycles. The number of aliphatic carboxylic acids is 1. The van der Waals surface area contributed by atoms with Crippen LogP contribution in [0.25, 0.3) is 21.3 Å². The first-order valence-electron chi connectivity index (χ1n) is 9.39. The van der Waals surface area contributed by atoms with Crippen LogP contribution in [-0.4, -0.2) is 34.1 Å². The molecule has 0 radical (unpaired) electrons. The second-order valence-corrected chi connectivity index (χ2v) is 7.93. The van der Waals surface area contributed by atoms with Gasteiger partial charge >= 0.3 is 5.97 Å². The molecule has 1 aliphatic heterocycles. The number of hydrogen-bond acceptors (Lipinski definition) is 5. The van der Waals surface area contributed by atoms with E-state index >= 15 is 0 Å². The third-order valence-electron chi connectivity index (χ3n) is 5.34. The van der Waals surface area contributed by atoms with Crippen molar-refractivity contribution in [2.24, 2.45) is 5.92 Å². The van der Waals surface area contributed by atoms with Crippen molar-refractivity contribution in [3.8, 4) is 11.1 Å². The van der Waals surface area contributed by atoms with E-state index in [1.807, 2.05) is 6.92 Å². The molecule has 0 saturated carbocycles. The molecule has 1 saturated heterocycles. The molecular weight excluding hydrogens is 358 g/mol. The van der Waals surface area contributed by atoms with E-state index in [9.17, 15) is 9.90 Å². The largest absolute Gasteiger partial charge is 0.481 e. The SMILES string of the molecule is CCc1ccc(-c2csc3nc(C)nc(N4CCC(C(=O)O)CC4)c23)cc1. The highest BCUT2D eigenvalue weighted by molar-refractivity contribution is 7.17. The Balaban J connectivity index is 1.76. The summed E-state index contributed by atoms with van der Waals surface area (Å²) < 4.78 is 0. The fourth-order valence-corrected chi connectivity index (χ4v) is 4.71. The number of benzene rings is 1. The molecule has 0 unspecified atom stereocenters. The van der Waals surface area contributed by atoms with E-state index in [2.05, 4.69) is 46.5 Å². The summed E-state index contributed by atoms with van der Waals surface area (Å²) in [5.41, 5.74) is 3.65. The van der Waals surface area contributed by atoms with Crippen LogP contribution in [0.15, 0.2) is 29.6 Å². The zero-order valence-electron chi connectivity index (χ0n) is 15.6. The first-order valence-corrected chi connectivity index (χ1v) is 10.3. The van der Waals surface area contributed by atoms with E-state index in [0.717, 1.165) is 33.8 Å². The molecule has 1 fully saturated rings. The maximum Gasteiger partial charge on any atom is 0.306 e. The molecule has 5 nitrogen and oxygen atoms in total. The molecule has 0 aliphatic carbocycles. The highest BCUT2D eigenvalue weighted by Gasteiger charge is 2.27. The van der Waals surface area contributed by atoms with Gasteiger partial charge in [0.25, 0.3) is 0 Å². The molecular formula is C21H23N3O2S. The van der Waals surface area contributed by atoms with Crippen LogP contribution in [0, 0.1) is 12.8 Å². The molecule has 1 N–H and O–H groups in total. The molecule has 140 valence electrons. The van der Waals surface area contributed by atoms with Crippen molar-refractivity contribution in [2.45, 2.75) is 33.1 Å². The van der Waals surface area contributed by atoms with Crippen molar-refractivity contribution >= 4 is 33.3 Å². The minimum absolute atomic E-state index is 0.247. The summed E-state index contributed by atoms with van der Waals surface area (Å²) in [4.78, 5) is 23.9. The van der Waals surface area contributed by atoms with Gasteiger partial charge in [0.1, 0.15) is 16.5 Å². The Bertz CT molecular complexity index is 973. The number of aromatic nitrogens is 2. The third-order valence-corrected chi connectivity index (χ3v) is 6.22. The Morgan fingerprint density at radius 1 is 1.22 bits per heavy atom. The Kier molecular flexibility index (Phi) is 4.83. The Morgan fingerprint density at radius 2 is 1.93 bits per heavy atom. The summed E-state index contributed by atoms with van der Waals surface area (Å²) in [6.45, 7) is 5.51. The average Bonchev–Trinajstić information content (AvgIpc) is 3.11. The zero-order valence-corrected chi connectivity index (χ0v) is 16.4. The number of hydrogen-bond donors (Lipinski definition) is 1. The van der Waals surface area contributed by atoms with E-state index in [4.69, 9.17) is 4.98 Å². The molecule has 3 aromatic rings. The van der Waals surface area contributed by atoms with Gasteiger partial charge in [-0.05, 0) is 37.3 Å². The molecule has 0 atom stereocenters. The number of nitrogens with zero attached hydrogens (tertiary/aromatic N) is 3. The number of anilines is 1. The van der Waals surface area contributed by atoms with Gasteiger partial charge in [0.15, 0.2) is 0 Å². The first kappa shape index (κ1) is 17.9. The van der Waals surface area contributed by atoms with E-state index in [-0.39, 0.29) is 5.92 Å². The van der Waals surface area contributed by atoms with Crippen molar-refractivity contribution in [3.05, 3.63) is 41.0 Å². The molecule has 4 rings (SSSR count). The van der Waals surface area contributed by atoms with Crippen LogP contribution in [0.4, 0.5) is 5.82 Å². The van der Waals surface area contributed by atoms with Gasteiger partial charge in [-0.15, -0.1) is 11.3 Å². The number of piperidine rings is 1. The number of rotatable bonds is 4. The molecule has 0 bridgehead atoms. The van der Waals surface area contributed by atoms with Gasteiger partial charge in [0.2, 0.25) is 0 Å². The smallest absolute Gasteiger partial charge is 0.306 e. The highest BCUT2D eigenvalue weighted by atomic mass is 32.1. The quantitative estimate of drug-likeness (QED) is 0.719. The lowest BCUT2D eigenvalue weighted by molar-refractivity contribution is -0.142. The summed E-state index contributed by atoms with van der Waals surface area (Å²) in [5.74, 6) is 0.763. The maximum absolute atomic E-state index is 11.3. The molecule has 6 heteroatoms. The lowest BCUT2D eigenvalue weighted by atomic mass is 9.96. The number of thiophene rings is 1. The van der Waals surface area contributed by atoms with Crippen molar-refractivity contribution in [1.29, 1.82) is 0 Å². The summed E-state index contributed by atoms with van der Waals surface area (Å²) in [7, 11) is 0. The molecule has 2 aromatic heterocycles. The lowest BCUT2D eigenvalue weighted by Gasteiger charge is -2.31. The number of carbonyl (C=O) groups is 1. The van der Waals surface area contributed by atoms with Gasteiger partial charge in [-0.2, -0.15) is 0 Å². The van der Waals surface area contributed by atoms with E-state index < -0.39 is 5.97 Å². The molecule has 1 aliphatic rings. The number of carboxylic acid groups (broad SMARTS) is 1. The van der Waals surface area contributed by atoms with Crippen LogP contribution in [0.2, 0.25) is 0 Å². The van der Waals surface area contributed by atoms with Crippen LogP contribution in [0.5, 0.6) is 0 Å². The Morgan fingerprint density at radius 3 is 2.56 bits per heavy atom. The Labute approximate surface area is 162 Å². The minimum atomic E-state index is -0.689. The van der Waals surface area contributed by atoms with Crippen molar-refractivity contribution in [2.75, 3.05) is 18.0 Å². The fourth-order valence-electron chi connectivity index (χ4n) is 3.73. The van der Waals surface area contributed by atoms with Gasteiger partial charge in [-0.1, -0.05) is 31.2 Å². The standard InChI is InChI=1S/C21H23N3O2S/c1-3-14-4-6-15(7-5-14)17-12-27-20-18(17)19(22-13(2)23-20)24-10-8-16(9-11-24)21(25)26/h4-7,12,16H,3,8-11H2,1-2H3,(H,25,26). The predicted octanol–water partition coefficient (Wildman–Crippen LogP) is 4.53. The van der Waals surface area contributed by atoms with Crippen LogP contribution in [0.3, 0.4) is 0 Å². The van der Waals surface area contributed by atoms with Gasteiger partial charge in [-0.25, -0.2) is 9.97 Å². The topological polar surface area (TPSA) is 66.3 Å². The fraction of sp³-hybridized carbons (Fsp3) is 0.381. The summed E-state index contributed by atoms with van der Waals surface area (Å²) >= 11 is 1.64. The molecule has 0 spiro atoms. The van der Waals surface area contributed by atoms with Crippen LogP contribution >= 0.6 is 11.3 Å². The number of carboxylic acids is 1. The summed E-state index contributed by atoms with van der Waals surface area (Å²) in [6, 6.07) is 8.68. The van der Waals surface area contributed by atoms with Crippen molar-refractivity contribution in [1.82, 2.24) is 9.97 Å². The second kappa shape index (κ2) is 7.27. The van der Waals surface area contributed by atoms with Gasteiger partial charge in [-0.3, -0.25) is 4.79 Å². The van der Waals surface area contributed by atoms with E-state index in [0.29, 0.717) is 25.9 Å². The minimum Gasteiger partial charge on any atom is -0.481 e. The number of fused-ring (bicyclic) bond motifs is 1. The highest BCUT2D eigenvalue weighted by Crippen LogP contribution is 2.39. The second-order valence-electron chi connectivity index (χ2n) is 7.07. The Hall–Kier alpha value is -2.47. The lowest BCUT2D eigenvalue weighted by Crippen LogP contribution is -2.37. The first-order chi connectivity index (χ1) is 13.1. The van der Waals surface area contributed by atoms with Gasteiger partial charge in [0, 0.05) is 24.0 Å². The molecule has 3 heterocycles. The van der Waals surface area contributed by atoms with Gasteiger partial charge in [0.05, 0.1) is 11.3 Å². The predicted molar refractivity (Wildman–Crippen MR) is 110 cm³/mol. The monoisotopic (exact) mass is 381 g/mol. The van der Waals surface area contributed by atoms with Crippen molar-refractivity contribution in [3.63, 3.8) is 0 Å². The van der Waals surface area contributed by atoms with Crippen molar-refractivity contribution < 1.29 is 9.90 Å². The summed E-state index contributed by atoms with van der Waals surface area (Å²) in [5, 5.41) is 12.5. The van der Waals surface area contributed by atoms with Crippen LogP contribution in [-0.2, 0) is 11.2 Å².